The third kappa shape index (κ3) is 2.42. The minimum absolute atomic E-state index is 0.395. The molecule has 0 atom stereocenters. The Kier molecular flexibility index (Phi) is 3.11. The highest BCUT2D eigenvalue weighted by molar-refractivity contribution is 4.97. The Morgan fingerprint density at radius 3 is 2.61 bits per heavy atom. The summed E-state index contributed by atoms with van der Waals surface area (Å²) in [6.45, 7) is 4.74. The predicted octanol–water partition coefficient (Wildman–Crippen LogP) is 1.47. The van der Waals surface area contributed by atoms with Crippen molar-refractivity contribution in [2.24, 2.45) is 0 Å². The van der Waals surface area contributed by atoms with E-state index in [-0.39, 0.29) is 0 Å². The predicted molar refractivity (Wildman–Crippen MR) is 66.3 cm³/mol. The molecule has 0 radical (unpaired) electrons. The van der Waals surface area contributed by atoms with E-state index in [4.69, 9.17) is 4.52 Å². The van der Waals surface area contributed by atoms with E-state index in [1.807, 2.05) is 6.92 Å². The lowest BCUT2D eigenvalue weighted by Gasteiger charge is -2.42. The van der Waals surface area contributed by atoms with Crippen molar-refractivity contribution in [3.05, 3.63) is 11.7 Å². The highest BCUT2D eigenvalue weighted by Crippen LogP contribution is 2.34. The second kappa shape index (κ2) is 4.63. The second-order valence-corrected chi connectivity index (χ2v) is 5.81. The van der Waals surface area contributed by atoms with Crippen molar-refractivity contribution < 1.29 is 9.63 Å². The van der Waals surface area contributed by atoms with Crippen LogP contribution in [0.3, 0.4) is 0 Å². The summed E-state index contributed by atoms with van der Waals surface area (Å²) in [5.74, 6) is 1.91. The number of aryl methyl sites for hydroxylation is 1. The first kappa shape index (κ1) is 12.1. The molecule has 1 aromatic heterocycles. The zero-order valence-corrected chi connectivity index (χ0v) is 10.9. The maximum absolute atomic E-state index is 10.2. The number of nitrogens with zero attached hydrogens (tertiary/aromatic N) is 3. The van der Waals surface area contributed by atoms with E-state index in [1.54, 1.807) is 0 Å². The van der Waals surface area contributed by atoms with Crippen LogP contribution in [0.2, 0.25) is 0 Å². The van der Waals surface area contributed by atoms with E-state index in [1.165, 1.54) is 6.42 Å². The fourth-order valence-corrected chi connectivity index (χ4v) is 2.98. The Morgan fingerprint density at radius 2 is 2.11 bits per heavy atom. The standard InChI is InChI=1S/C13H21N3O2/c1-10-14-12(18-15-10)11-3-7-16(8-4-11)9-13(17)5-2-6-13/h11,17H,2-9H2,1H3. The number of β-amino-alcohol motifs (C(OH)–C–C–N with tert-alkyl or cyclic N) is 1. The molecule has 100 valence electrons. The van der Waals surface area contributed by atoms with Crippen LogP contribution in [0.5, 0.6) is 0 Å². The molecular weight excluding hydrogens is 230 g/mol. The van der Waals surface area contributed by atoms with Crippen molar-refractivity contribution >= 4 is 0 Å². The third-order valence-corrected chi connectivity index (χ3v) is 4.28. The van der Waals surface area contributed by atoms with Crippen molar-refractivity contribution in [2.75, 3.05) is 19.6 Å². The number of likely N-dealkylation sites (tertiary alicyclic amines) is 1. The largest absolute Gasteiger partial charge is 0.389 e. The highest BCUT2D eigenvalue weighted by atomic mass is 16.5. The van der Waals surface area contributed by atoms with Crippen LogP contribution in [-0.2, 0) is 0 Å². The summed E-state index contributed by atoms with van der Waals surface area (Å²) in [6, 6.07) is 0. The molecule has 5 heteroatoms. The first-order valence-electron chi connectivity index (χ1n) is 6.90. The Labute approximate surface area is 107 Å². The van der Waals surface area contributed by atoms with Gasteiger partial charge in [-0.3, -0.25) is 0 Å². The van der Waals surface area contributed by atoms with Gasteiger partial charge in [-0.15, -0.1) is 0 Å². The number of piperidine rings is 1. The topological polar surface area (TPSA) is 62.4 Å². The van der Waals surface area contributed by atoms with Crippen LogP contribution in [0.1, 0.15) is 49.7 Å². The molecular formula is C13H21N3O2. The van der Waals surface area contributed by atoms with E-state index in [2.05, 4.69) is 15.0 Å². The molecule has 5 nitrogen and oxygen atoms in total. The van der Waals surface area contributed by atoms with E-state index >= 15 is 0 Å². The Bertz CT molecular complexity index is 406. The van der Waals surface area contributed by atoms with Crippen molar-refractivity contribution in [1.29, 1.82) is 0 Å². The lowest BCUT2D eigenvalue weighted by molar-refractivity contribution is -0.0625. The molecule has 0 bridgehead atoms. The van der Waals surface area contributed by atoms with Crippen molar-refractivity contribution in [3.8, 4) is 0 Å². The first-order valence-corrected chi connectivity index (χ1v) is 6.90. The van der Waals surface area contributed by atoms with Crippen LogP contribution in [0.4, 0.5) is 0 Å². The van der Waals surface area contributed by atoms with Gasteiger partial charge in [0.05, 0.1) is 5.60 Å². The van der Waals surface area contributed by atoms with Gasteiger partial charge in [0.25, 0.3) is 0 Å². The summed E-state index contributed by atoms with van der Waals surface area (Å²) in [5, 5.41) is 14.0. The smallest absolute Gasteiger partial charge is 0.229 e. The molecule has 0 spiro atoms. The molecule has 2 fully saturated rings. The zero-order chi connectivity index (χ0) is 12.6. The zero-order valence-electron chi connectivity index (χ0n) is 10.9. The van der Waals surface area contributed by atoms with Gasteiger partial charge >= 0.3 is 0 Å². The second-order valence-electron chi connectivity index (χ2n) is 5.81. The number of hydrogen-bond acceptors (Lipinski definition) is 5. The SMILES string of the molecule is Cc1noc(C2CCN(CC3(O)CCC3)CC2)n1. The lowest BCUT2D eigenvalue weighted by Crippen LogP contribution is -2.49. The molecule has 2 heterocycles. The van der Waals surface area contributed by atoms with E-state index < -0.39 is 5.60 Å². The van der Waals surface area contributed by atoms with Crippen molar-refractivity contribution in [2.45, 2.75) is 50.5 Å². The molecule has 1 aliphatic carbocycles. The average Bonchev–Trinajstić information content (AvgIpc) is 2.75. The van der Waals surface area contributed by atoms with Gasteiger partial charge in [-0.25, -0.2) is 0 Å². The van der Waals surface area contributed by atoms with Crippen LogP contribution >= 0.6 is 0 Å². The van der Waals surface area contributed by atoms with Crippen LogP contribution in [0, 0.1) is 6.92 Å². The fraction of sp³-hybridized carbons (Fsp3) is 0.846. The van der Waals surface area contributed by atoms with Gasteiger partial charge < -0.3 is 14.5 Å². The van der Waals surface area contributed by atoms with Gasteiger partial charge in [0.2, 0.25) is 5.89 Å². The average molecular weight is 251 g/mol. The van der Waals surface area contributed by atoms with Crippen LogP contribution in [0.25, 0.3) is 0 Å². The van der Waals surface area contributed by atoms with Crippen LogP contribution < -0.4 is 0 Å². The van der Waals surface area contributed by atoms with Gasteiger partial charge in [0.15, 0.2) is 5.82 Å². The molecule has 3 rings (SSSR count). The van der Waals surface area contributed by atoms with Crippen LogP contribution in [-0.4, -0.2) is 45.4 Å². The minimum atomic E-state index is -0.395. The molecule has 0 aromatic carbocycles. The minimum Gasteiger partial charge on any atom is -0.389 e. The van der Waals surface area contributed by atoms with Gasteiger partial charge in [0.1, 0.15) is 0 Å². The highest BCUT2D eigenvalue weighted by Gasteiger charge is 2.37. The molecule has 1 N–H and O–H groups in total. The number of rotatable bonds is 3. The molecule has 0 amide bonds. The summed E-state index contributed by atoms with van der Waals surface area (Å²) in [6.07, 6.45) is 5.22. The Balaban J connectivity index is 1.51. The normalized spacial score (nSPS) is 25.0. The van der Waals surface area contributed by atoms with E-state index in [0.717, 1.165) is 57.0 Å². The number of hydrogen-bond donors (Lipinski definition) is 1. The Hall–Kier alpha value is -0.940. The van der Waals surface area contributed by atoms with E-state index in [0.29, 0.717) is 5.92 Å². The third-order valence-electron chi connectivity index (χ3n) is 4.28. The van der Waals surface area contributed by atoms with Gasteiger partial charge in [0, 0.05) is 12.5 Å². The quantitative estimate of drug-likeness (QED) is 0.881. The molecule has 1 saturated carbocycles. The lowest BCUT2D eigenvalue weighted by atomic mass is 9.79. The van der Waals surface area contributed by atoms with Crippen LogP contribution in [0.15, 0.2) is 4.52 Å². The summed E-state index contributed by atoms with van der Waals surface area (Å²) < 4.78 is 5.24. The summed E-state index contributed by atoms with van der Waals surface area (Å²) in [5.41, 5.74) is -0.395. The maximum Gasteiger partial charge on any atom is 0.229 e. The molecule has 2 aliphatic rings. The van der Waals surface area contributed by atoms with Crippen molar-refractivity contribution in [3.63, 3.8) is 0 Å². The fourth-order valence-electron chi connectivity index (χ4n) is 2.98. The summed E-state index contributed by atoms with van der Waals surface area (Å²) in [4.78, 5) is 6.69. The molecule has 1 saturated heterocycles. The first-order chi connectivity index (χ1) is 8.65. The van der Waals surface area contributed by atoms with Gasteiger partial charge in [-0.05, 0) is 52.1 Å². The molecule has 1 aliphatic heterocycles. The monoisotopic (exact) mass is 251 g/mol. The molecule has 1 aromatic rings. The summed E-state index contributed by atoms with van der Waals surface area (Å²) in [7, 11) is 0. The Morgan fingerprint density at radius 1 is 1.39 bits per heavy atom. The molecule has 18 heavy (non-hydrogen) atoms. The number of aliphatic hydroxyl groups is 1. The number of aromatic nitrogens is 2. The summed E-state index contributed by atoms with van der Waals surface area (Å²) >= 11 is 0. The van der Waals surface area contributed by atoms with Gasteiger partial charge in [-0.2, -0.15) is 4.98 Å². The van der Waals surface area contributed by atoms with Gasteiger partial charge in [-0.1, -0.05) is 5.16 Å². The maximum atomic E-state index is 10.2. The van der Waals surface area contributed by atoms with Crippen molar-refractivity contribution in [1.82, 2.24) is 15.0 Å². The molecule has 0 unspecified atom stereocenters. The van der Waals surface area contributed by atoms with E-state index in [9.17, 15) is 5.11 Å².